The van der Waals surface area contributed by atoms with Gasteiger partial charge in [0.2, 0.25) is 11.9 Å². The fraction of sp³-hybridized carbons (Fsp3) is 0.294. The number of hydrogen-bond acceptors (Lipinski definition) is 8. The zero-order chi connectivity index (χ0) is 18.4. The van der Waals surface area contributed by atoms with Crippen LogP contribution in [0.25, 0.3) is 5.95 Å². The smallest absolute Gasteiger partial charge is 0.258 e. The number of rotatable bonds is 7. The lowest BCUT2D eigenvalue weighted by molar-refractivity contribution is 0.557. The molecule has 9 nitrogen and oxygen atoms in total. The van der Waals surface area contributed by atoms with E-state index in [4.69, 9.17) is 0 Å². The summed E-state index contributed by atoms with van der Waals surface area (Å²) >= 11 is 0. The number of nitrogens with one attached hydrogen (secondary N) is 2. The first-order chi connectivity index (χ1) is 12.7. The minimum Gasteiger partial charge on any atom is -0.357 e. The Morgan fingerprint density at radius 1 is 1.15 bits per heavy atom. The first kappa shape index (κ1) is 17.3. The van der Waals surface area contributed by atoms with Gasteiger partial charge in [0.05, 0.1) is 6.07 Å². The van der Waals surface area contributed by atoms with Gasteiger partial charge in [0, 0.05) is 13.5 Å². The number of anilines is 2. The molecular formula is C17H19N9. The van der Waals surface area contributed by atoms with Gasteiger partial charge in [0.1, 0.15) is 18.2 Å². The topological polar surface area (TPSA) is 117 Å². The van der Waals surface area contributed by atoms with E-state index in [0.717, 1.165) is 5.56 Å². The van der Waals surface area contributed by atoms with Crippen molar-refractivity contribution in [2.24, 2.45) is 0 Å². The van der Waals surface area contributed by atoms with E-state index < -0.39 is 5.54 Å². The van der Waals surface area contributed by atoms with Crippen LogP contribution in [0, 0.1) is 11.3 Å². The van der Waals surface area contributed by atoms with Gasteiger partial charge in [-0.1, -0.05) is 37.3 Å². The standard InChI is InChI=1S/C17H19N9/c1-3-17(10-18,9-13-7-5-4-6-8-13)25-15-22-14(19-2)23-16(24-15)26-12-20-11-21-26/h4-8,11-12H,3,9H2,1-2H3,(H2,19,22,23,24,25). The summed E-state index contributed by atoms with van der Waals surface area (Å²) in [4.78, 5) is 16.9. The van der Waals surface area contributed by atoms with Gasteiger partial charge < -0.3 is 10.6 Å². The molecule has 1 unspecified atom stereocenters. The minimum absolute atomic E-state index is 0.300. The molecule has 0 radical (unpaired) electrons. The minimum atomic E-state index is -0.840. The third kappa shape index (κ3) is 3.75. The Hall–Kier alpha value is -3.54. The Kier molecular flexibility index (Phi) is 5.03. The summed E-state index contributed by atoms with van der Waals surface area (Å²) in [6.07, 6.45) is 4.01. The maximum absolute atomic E-state index is 9.85. The molecule has 132 valence electrons. The van der Waals surface area contributed by atoms with E-state index in [-0.39, 0.29) is 0 Å². The number of aromatic nitrogens is 6. The van der Waals surface area contributed by atoms with Crippen LogP contribution in [0.3, 0.4) is 0 Å². The van der Waals surface area contributed by atoms with E-state index >= 15 is 0 Å². The SMILES string of the molecule is CCC(C#N)(Cc1ccccc1)Nc1nc(NC)nc(-n2cncn2)n1. The van der Waals surface area contributed by atoms with Gasteiger partial charge in [-0.05, 0) is 12.0 Å². The summed E-state index contributed by atoms with van der Waals surface area (Å²) in [5, 5.41) is 20.0. The second-order valence-corrected chi connectivity index (χ2v) is 5.71. The predicted molar refractivity (Wildman–Crippen MR) is 96.7 cm³/mol. The van der Waals surface area contributed by atoms with E-state index in [0.29, 0.717) is 30.7 Å². The maximum atomic E-state index is 9.85. The van der Waals surface area contributed by atoms with Crippen molar-refractivity contribution in [3.63, 3.8) is 0 Å². The molecule has 0 aliphatic carbocycles. The Labute approximate surface area is 151 Å². The molecule has 9 heteroatoms. The van der Waals surface area contributed by atoms with Crippen LogP contribution in [0.2, 0.25) is 0 Å². The molecule has 0 spiro atoms. The lowest BCUT2D eigenvalue weighted by atomic mass is 9.90. The molecule has 0 aliphatic heterocycles. The predicted octanol–water partition coefficient (Wildman–Crippen LogP) is 1.82. The van der Waals surface area contributed by atoms with Crippen molar-refractivity contribution in [3.05, 3.63) is 48.5 Å². The van der Waals surface area contributed by atoms with Gasteiger partial charge in [-0.2, -0.15) is 30.0 Å². The zero-order valence-corrected chi connectivity index (χ0v) is 14.6. The summed E-state index contributed by atoms with van der Waals surface area (Å²) in [7, 11) is 1.71. The van der Waals surface area contributed by atoms with Crippen molar-refractivity contribution in [2.45, 2.75) is 25.3 Å². The molecule has 2 N–H and O–H groups in total. The van der Waals surface area contributed by atoms with Crippen LogP contribution < -0.4 is 10.6 Å². The van der Waals surface area contributed by atoms with Crippen molar-refractivity contribution in [3.8, 4) is 12.0 Å². The maximum Gasteiger partial charge on any atom is 0.258 e. The van der Waals surface area contributed by atoms with Crippen LogP contribution in [0.4, 0.5) is 11.9 Å². The molecular weight excluding hydrogens is 330 g/mol. The van der Waals surface area contributed by atoms with Gasteiger partial charge in [0.15, 0.2) is 0 Å². The summed E-state index contributed by atoms with van der Waals surface area (Å²) in [5.74, 6) is 0.983. The third-order valence-electron chi connectivity index (χ3n) is 3.99. The monoisotopic (exact) mass is 349 g/mol. The Morgan fingerprint density at radius 3 is 2.54 bits per heavy atom. The number of hydrogen-bond donors (Lipinski definition) is 2. The molecule has 2 heterocycles. The van der Waals surface area contributed by atoms with Crippen molar-refractivity contribution >= 4 is 11.9 Å². The van der Waals surface area contributed by atoms with Crippen LogP contribution in [-0.2, 0) is 6.42 Å². The van der Waals surface area contributed by atoms with Crippen LogP contribution in [-0.4, -0.2) is 42.3 Å². The highest BCUT2D eigenvalue weighted by atomic mass is 15.4. The molecule has 0 amide bonds. The lowest BCUT2D eigenvalue weighted by Crippen LogP contribution is -2.39. The molecule has 0 aliphatic rings. The van der Waals surface area contributed by atoms with Crippen molar-refractivity contribution in [2.75, 3.05) is 17.7 Å². The molecule has 1 aromatic carbocycles. The largest absolute Gasteiger partial charge is 0.357 e. The van der Waals surface area contributed by atoms with E-state index in [1.54, 1.807) is 7.05 Å². The lowest BCUT2D eigenvalue weighted by Gasteiger charge is -2.27. The second-order valence-electron chi connectivity index (χ2n) is 5.71. The van der Waals surface area contributed by atoms with Gasteiger partial charge in [-0.3, -0.25) is 0 Å². The summed E-state index contributed by atoms with van der Waals surface area (Å²) in [6.45, 7) is 1.96. The van der Waals surface area contributed by atoms with Crippen molar-refractivity contribution < 1.29 is 0 Å². The highest BCUT2D eigenvalue weighted by molar-refractivity contribution is 5.42. The first-order valence-electron chi connectivity index (χ1n) is 8.20. The molecule has 2 aromatic heterocycles. The summed E-state index contributed by atoms with van der Waals surface area (Å²) in [6, 6.07) is 12.2. The summed E-state index contributed by atoms with van der Waals surface area (Å²) < 4.78 is 1.44. The molecule has 3 rings (SSSR count). The number of nitriles is 1. The number of nitrogens with zero attached hydrogens (tertiary/aromatic N) is 7. The van der Waals surface area contributed by atoms with Crippen LogP contribution >= 0.6 is 0 Å². The van der Waals surface area contributed by atoms with E-state index in [1.165, 1.54) is 17.3 Å². The van der Waals surface area contributed by atoms with Gasteiger partial charge in [-0.25, -0.2) is 4.98 Å². The van der Waals surface area contributed by atoms with E-state index in [9.17, 15) is 5.26 Å². The van der Waals surface area contributed by atoms with Crippen LogP contribution in [0.1, 0.15) is 18.9 Å². The molecule has 0 fully saturated rings. The number of benzene rings is 1. The second kappa shape index (κ2) is 7.57. The molecule has 1 atom stereocenters. The molecule has 0 saturated heterocycles. The zero-order valence-electron chi connectivity index (χ0n) is 14.6. The van der Waals surface area contributed by atoms with Crippen molar-refractivity contribution in [1.82, 2.24) is 29.7 Å². The first-order valence-corrected chi connectivity index (χ1v) is 8.20. The van der Waals surface area contributed by atoms with Crippen molar-refractivity contribution in [1.29, 1.82) is 5.26 Å². The van der Waals surface area contributed by atoms with E-state index in [2.05, 4.69) is 41.7 Å². The Morgan fingerprint density at radius 2 is 1.92 bits per heavy atom. The quantitative estimate of drug-likeness (QED) is 0.663. The van der Waals surface area contributed by atoms with E-state index in [1.807, 2.05) is 37.3 Å². The average Bonchev–Trinajstić information content (AvgIpc) is 3.23. The molecule has 26 heavy (non-hydrogen) atoms. The molecule has 3 aromatic rings. The fourth-order valence-electron chi connectivity index (χ4n) is 2.51. The van der Waals surface area contributed by atoms with Gasteiger partial charge in [0.25, 0.3) is 5.95 Å². The average molecular weight is 349 g/mol. The summed E-state index contributed by atoms with van der Waals surface area (Å²) in [5.41, 5.74) is 0.218. The Balaban J connectivity index is 1.94. The van der Waals surface area contributed by atoms with Crippen LogP contribution in [0.5, 0.6) is 0 Å². The van der Waals surface area contributed by atoms with Crippen LogP contribution in [0.15, 0.2) is 43.0 Å². The van der Waals surface area contributed by atoms with Gasteiger partial charge >= 0.3 is 0 Å². The highest BCUT2D eigenvalue weighted by Crippen LogP contribution is 2.22. The third-order valence-corrected chi connectivity index (χ3v) is 3.99. The van der Waals surface area contributed by atoms with Gasteiger partial charge in [-0.15, -0.1) is 0 Å². The normalized spacial score (nSPS) is 12.8. The molecule has 0 bridgehead atoms. The molecule has 0 saturated carbocycles. The fourth-order valence-corrected chi connectivity index (χ4v) is 2.51. The Bertz CT molecular complexity index is 886. The highest BCUT2D eigenvalue weighted by Gasteiger charge is 2.30.